The summed E-state index contributed by atoms with van der Waals surface area (Å²) in [5.74, 6) is -0.198. The Morgan fingerprint density at radius 3 is 2.53 bits per heavy atom. The lowest BCUT2D eigenvalue weighted by molar-refractivity contribution is 0.277. The van der Waals surface area contributed by atoms with Gasteiger partial charge in [0.15, 0.2) is 0 Å². The molecule has 0 aliphatic carbocycles. The number of piperidine rings is 1. The largest absolute Gasteiger partial charge is 0.317 e. The minimum atomic E-state index is -0.382. The lowest BCUT2D eigenvalue weighted by atomic mass is 9.75. The summed E-state index contributed by atoms with van der Waals surface area (Å²) in [7, 11) is 0. The van der Waals surface area contributed by atoms with E-state index in [0.717, 1.165) is 25.9 Å². The lowest BCUT2D eigenvalue weighted by Crippen LogP contribution is -2.37. The van der Waals surface area contributed by atoms with Crippen LogP contribution in [0.15, 0.2) is 24.3 Å². The van der Waals surface area contributed by atoms with Crippen molar-refractivity contribution in [2.75, 3.05) is 13.1 Å². The molecule has 17 heavy (non-hydrogen) atoms. The fourth-order valence-electron chi connectivity index (χ4n) is 2.24. The minimum Gasteiger partial charge on any atom is -0.317 e. The van der Waals surface area contributed by atoms with Crippen molar-refractivity contribution in [1.82, 2.24) is 5.32 Å². The molecule has 4 heteroatoms. The van der Waals surface area contributed by atoms with Crippen LogP contribution in [0.1, 0.15) is 18.4 Å². The van der Waals surface area contributed by atoms with Crippen molar-refractivity contribution < 1.29 is 4.39 Å². The molecule has 0 unspecified atom stereocenters. The predicted octanol–water partition coefficient (Wildman–Crippen LogP) is 2.68. The molecule has 1 fully saturated rings. The van der Waals surface area contributed by atoms with Crippen molar-refractivity contribution in [2.45, 2.75) is 19.3 Å². The fraction of sp³-hybridized carbons (Fsp3) is 0.462. The van der Waals surface area contributed by atoms with Gasteiger partial charge in [0.2, 0.25) is 0 Å². The zero-order valence-corrected chi connectivity index (χ0v) is 10.4. The smallest absolute Gasteiger partial charge is 0.126 e. The summed E-state index contributed by atoms with van der Waals surface area (Å²) in [6, 6.07) is 9.13. The lowest BCUT2D eigenvalue weighted by Gasteiger charge is -2.31. The Hall–Kier alpha value is -1.11. The molecule has 0 saturated carbocycles. The fourth-order valence-corrected chi connectivity index (χ4v) is 2.24. The summed E-state index contributed by atoms with van der Waals surface area (Å²) in [5, 5.41) is 12.5. The van der Waals surface area contributed by atoms with Gasteiger partial charge in [-0.2, -0.15) is 5.26 Å². The number of nitriles is 1. The van der Waals surface area contributed by atoms with Gasteiger partial charge in [-0.25, -0.2) is 4.39 Å². The van der Waals surface area contributed by atoms with Gasteiger partial charge in [0, 0.05) is 0 Å². The second-order valence-corrected chi connectivity index (χ2v) is 4.41. The number of nitrogens with one attached hydrogen (secondary N) is 1. The van der Waals surface area contributed by atoms with E-state index in [1.54, 1.807) is 12.1 Å². The number of hydrogen-bond donors (Lipinski definition) is 1. The highest BCUT2D eigenvalue weighted by molar-refractivity contribution is 5.85. The molecule has 0 atom stereocenters. The van der Waals surface area contributed by atoms with E-state index in [1.807, 2.05) is 6.07 Å². The van der Waals surface area contributed by atoms with Crippen LogP contribution in [0, 0.1) is 22.6 Å². The average Bonchev–Trinajstić information content (AvgIpc) is 2.33. The van der Waals surface area contributed by atoms with Gasteiger partial charge in [0.1, 0.15) is 5.82 Å². The molecule has 2 nitrogen and oxygen atoms in total. The number of rotatable bonds is 2. The molecule has 0 spiro atoms. The van der Waals surface area contributed by atoms with Crippen molar-refractivity contribution in [3.05, 3.63) is 35.6 Å². The Labute approximate surface area is 107 Å². The third-order valence-corrected chi connectivity index (χ3v) is 3.28. The van der Waals surface area contributed by atoms with Crippen LogP contribution in [0.2, 0.25) is 0 Å². The van der Waals surface area contributed by atoms with Crippen LogP contribution in [0.3, 0.4) is 0 Å². The molecule has 0 aromatic heterocycles. The van der Waals surface area contributed by atoms with Crippen molar-refractivity contribution in [3.8, 4) is 6.07 Å². The Morgan fingerprint density at radius 1 is 1.29 bits per heavy atom. The number of halogens is 2. The maximum absolute atomic E-state index is 13.5. The van der Waals surface area contributed by atoms with E-state index in [0.29, 0.717) is 12.0 Å². The van der Waals surface area contributed by atoms with E-state index in [-0.39, 0.29) is 23.6 Å². The topological polar surface area (TPSA) is 35.8 Å². The first-order valence-electron chi connectivity index (χ1n) is 5.61. The van der Waals surface area contributed by atoms with Crippen LogP contribution in [0.4, 0.5) is 4.39 Å². The molecule has 1 heterocycles. The zero-order chi connectivity index (χ0) is 11.4. The van der Waals surface area contributed by atoms with Crippen LogP contribution in [-0.2, 0) is 6.42 Å². The van der Waals surface area contributed by atoms with E-state index < -0.39 is 0 Å². The maximum Gasteiger partial charge on any atom is 0.126 e. The first-order valence-corrected chi connectivity index (χ1v) is 5.61. The molecule has 0 amide bonds. The van der Waals surface area contributed by atoms with E-state index >= 15 is 0 Å². The van der Waals surface area contributed by atoms with Gasteiger partial charge >= 0.3 is 0 Å². The Balaban J connectivity index is 0.00000144. The molecule has 1 aliphatic rings. The number of hydrogen-bond acceptors (Lipinski definition) is 2. The van der Waals surface area contributed by atoms with Gasteiger partial charge in [0.05, 0.1) is 11.5 Å². The quantitative estimate of drug-likeness (QED) is 0.881. The van der Waals surface area contributed by atoms with E-state index in [2.05, 4.69) is 11.4 Å². The minimum absolute atomic E-state index is 0. The molecule has 1 aliphatic heterocycles. The number of nitrogens with zero attached hydrogens (tertiary/aromatic N) is 1. The van der Waals surface area contributed by atoms with Crippen LogP contribution in [0.25, 0.3) is 0 Å². The Morgan fingerprint density at radius 2 is 1.94 bits per heavy atom. The third-order valence-electron chi connectivity index (χ3n) is 3.28. The predicted molar refractivity (Wildman–Crippen MR) is 67.5 cm³/mol. The van der Waals surface area contributed by atoms with Gasteiger partial charge < -0.3 is 5.32 Å². The third kappa shape index (κ3) is 3.18. The monoisotopic (exact) mass is 254 g/mol. The normalized spacial score (nSPS) is 17.9. The summed E-state index contributed by atoms with van der Waals surface area (Å²) < 4.78 is 13.5. The zero-order valence-electron chi connectivity index (χ0n) is 9.58. The van der Waals surface area contributed by atoms with E-state index in [9.17, 15) is 9.65 Å². The summed E-state index contributed by atoms with van der Waals surface area (Å²) in [4.78, 5) is 0. The van der Waals surface area contributed by atoms with Gasteiger partial charge in [-0.3, -0.25) is 0 Å². The second-order valence-electron chi connectivity index (χ2n) is 4.41. The second kappa shape index (κ2) is 6.00. The summed E-state index contributed by atoms with van der Waals surface area (Å²) >= 11 is 0. The van der Waals surface area contributed by atoms with Crippen molar-refractivity contribution in [1.29, 1.82) is 5.26 Å². The highest BCUT2D eigenvalue weighted by atomic mass is 35.5. The van der Waals surface area contributed by atoms with Crippen LogP contribution >= 0.6 is 12.4 Å². The van der Waals surface area contributed by atoms with Gasteiger partial charge in [-0.15, -0.1) is 12.4 Å². The molecule has 1 N–H and O–H groups in total. The van der Waals surface area contributed by atoms with Crippen molar-refractivity contribution >= 4 is 12.4 Å². The van der Waals surface area contributed by atoms with Crippen LogP contribution in [-0.4, -0.2) is 13.1 Å². The van der Waals surface area contributed by atoms with E-state index in [1.165, 1.54) is 6.07 Å². The Kier molecular flexibility index (Phi) is 4.92. The molecule has 1 aromatic carbocycles. The SMILES string of the molecule is Cl.N#CC1(Cc2ccccc2F)CCNCC1. The average molecular weight is 255 g/mol. The summed E-state index contributed by atoms with van der Waals surface area (Å²) in [6.45, 7) is 1.70. The molecule has 0 bridgehead atoms. The van der Waals surface area contributed by atoms with Crippen molar-refractivity contribution in [2.24, 2.45) is 5.41 Å². The number of benzene rings is 1. The van der Waals surface area contributed by atoms with Crippen molar-refractivity contribution in [3.63, 3.8) is 0 Å². The summed E-state index contributed by atoms with van der Waals surface area (Å²) in [5.41, 5.74) is 0.277. The molecule has 0 radical (unpaired) electrons. The molecular formula is C13H16ClFN2. The first kappa shape index (κ1) is 14.0. The Bertz CT molecular complexity index is 408. The molecule has 1 aromatic rings. The highest BCUT2D eigenvalue weighted by Gasteiger charge is 2.32. The standard InChI is InChI=1S/C13H15FN2.ClH/c14-12-4-2-1-3-11(12)9-13(10-15)5-7-16-8-6-13;/h1-4,16H,5-9H2;1H. The van der Waals surface area contributed by atoms with Gasteiger partial charge in [-0.05, 0) is 44.0 Å². The molecule has 92 valence electrons. The highest BCUT2D eigenvalue weighted by Crippen LogP contribution is 2.32. The van der Waals surface area contributed by atoms with Gasteiger partial charge in [0.25, 0.3) is 0 Å². The first-order chi connectivity index (χ1) is 7.76. The molecular weight excluding hydrogens is 239 g/mol. The summed E-state index contributed by atoms with van der Waals surface area (Å²) in [6.07, 6.45) is 2.13. The maximum atomic E-state index is 13.5. The van der Waals surface area contributed by atoms with Crippen LogP contribution < -0.4 is 5.32 Å². The van der Waals surface area contributed by atoms with Crippen LogP contribution in [0.5, 0.6) is 0 Å². The van der Waals surface area contributed by atoms with E-state index in [4.69, 9.17) is 0 Å². The molecule has 2 rings (SSSR count). The molecule has 1 saturated heterocycles. The van der Waals surface area contributed by atoms with Gasteiger partial charge in [-0.1, -0.05) is 18.2 Å².